The van der Waals surface area contributed by atoms with E-state index in [0.717, 1.165) is 12.8 Å². The molecule has 2 aliphatic rings. The maximum atomic E-state index is 12.5. The van der Waals surface area contributed by atoms with Gasteiger partial charge in [-0.05, 0) is 26.2 Å². The average Bonchev–Trinajstić information content (AvgIpc) is 3.04. The number of hydrogen-bond donors (Lipinski definition) is 0. The molecule has 0 saturated carbocycles. The second kappa shape index (κ2) is 5.57. The van der Waals surface area contributed by atoms with E-state index in [-0.39, 0.29) is 34.6 Å². The van der Waals surface area contributed by atoms with Gasteiger partial charge in [0.15, 0.2) is 15.5 Å². The van der Waals surface area contributed by atoms with Crippen molar-refractivity contribution in [2.24, 2.45) is 5.41 Å². The number of carbonyl (C=O) groups excluding carboxylic acids is 1. The first kappa shape index (κ1) is 15.3. The molecule has 1 amide bonds. The van der Waals surface area contributed by atoms with Gasteiger partial charge in [-0.2, -0.15) is 4.98 Å². The van der Waals surface area contributed by atoms with Gasteiger partial charge in [-0.15, -0.1) is 0 Å². The van der Waals surface area contributed by atoms with Crippen molar-refractivity contribution in [1.29, 1.82) is 0 Å². The van der Waals surface area contributed by atoms with Crippen LogP contribution in [0, 0.1) is 5.41 Å². The number of oxazole rings is 1. The van der Waals surface area contributed by atoms with Gasteiger partial charge in [0.1, 0.15) is 6.26 Å². The Morgan fingerprint density at radius 2 is 2.32 bits per heavy atom. The summed E-state index contributed by atoms with van der Waals surface area (Å²) >= 11 is 0. The van der Waals surface area contributed by atoms with E-state index < -0.39 is 9.84 Å². The van der Waals surface area contributed by atoms with Crippen molar-refractivity contribution in [3.8, 4) is 6.08 Å². The van der Waals surface area contributed by atoms with Gasteiger partial charge in [0.25, 0.3) is 5.91 Å². The Hall–Kier alpha value is -1.57. The Balaban J connectivity index is 1.72. The second-order valence-corrected chi connectivity index (χ2v) is 8.29. The first-order valence-corrected chi connectivity index (χ1v) is 9.33. The second-order valence-electron chi connectivity index (χ2n) is 6.10. The van der Waals surface area contributed by atoms with Gasteiger partial charge >= 0.3 is 6.08 Å². The minimum absolute atomic E-state index is 0.0843. The molecular formula is C14H20N2O5S. The van der Waals surface area contributed by atoms with Crippen molar-refractivity contribution < 1.29 is 22.4 Å². The van der Waals surface area contributed by atoms with Gasteiger partial charge in [-0.3, -0.25) is 4.79 Å². The molecule has 0 bridgehead atoms. The molecule has 22 heavy (non-hydrogen) atoms. The van der Waals surface area contributed by atoms with Crippen LogP contribution in [0.15, 0.2) is 10.7 Å². The number of amides is 1. The highest BCUT2D eigenvalue weighted by Crippen LogP contribution is 2.40. The summed E-state index contributed by atoms with van der Waals surface area (Å²) in [6.07, 6.45) is 3.69. The molecule has 7 nitrogen and oxygen atoms in total. The van der Waals surface area contributed by atoms with E-state index >= 15 is 0 Å². The number of sulfone groups is 1. The van der Waals surface area contributed by atoms with E-state index in [1.807, 2.05) is 0 Å². The molecule has 8 heteroatoms. The molecule has 0 N–H and O–H groups in total. The molecule has 122 valence electrons. The highest BCUT2D eigenvalue weighted by atomic mass is 32.2. The molecule has 0 radical (unpaired) electrons. The van der Waals surface area contributed by atoms with Gasteiger partial charge in [-0.1, -0.05) is 0 Å². The number of rotatable bonds is 3. The SMILES string of the molecule is CCOc1nc(C(=O)N2CCCC3(CCS(=O)(=O)C3)C2)co1. The lowest BCUT2D eigenvalue weighted by Crippen LogP contribution is -2.46. The van der Waals surface area contributed by atoms with Crippen LogP contribution in [0.25, 0.3) is 0 Å². The predicted molar refractivity (Wildman–Crippen MR) is 78.5 cm³/mol. The van der Waals surface area contributed by atoms with Crippen molar-refractivity contribution in [2.45, 2.75) is 26.2 Å². The Morgan fingerprint density at radius 3 is 3.00 bits per heavy atom. The summed E-state index contributed by atoms with van der Waals surface area (Å²) in [7, 11) is -2.96. The van der Waals surface area contributed by atoms with Crippen LogP contribution < -0.4 is 4.74 Å². The van der Waals surface area contributed by atoms with Crippen LogP contribution >= 0.6 is 0 Å². The molecule has 0 aromatic carbocycles. The number of likely N-dealkylation sites (tertiary alicyclic amines) is 1. The number of piperidine rings is 1. The van der Waals surface area contributed by atoms with E-state index in [1.165, 1.54) is 6.26 Å². The predicted octanol–water partition coefficient (Wildman–Crippen LogP) is 1.11. The molecular weight excluding hydrogens is 308 g/mol. The summed E-state index contributed by atoms with van der Waals surface area (Å²) in [6.45, 7) is 3.32. The summed E-state index contributed by atoms with van der Waals surface area (Å²) in [5.74, 6) is 0.193. The third kappa shape index (κ3) is 2.97. The van der Waals surface area contributed by atoms with Crippen LogP contribution in [0.2, 0.25) is 0 Å². The Kier molecular flexibility index (Phi) is 3.88. The molecule has 1 aromatic rings. The number of aromatic nitrogens is 1. The van der Waals surface area contributed by atoms with E-state index in [1.54, 1.807) is 11.8 Å². The molecule has 1 spiro atoms. The molecule has 3 rings (SSSR count). The van der Waals surface area contributed by atoms with Crippen molar-refractivity contribution in [3.05, 3.63) is 12.0 Å². The first-order valence-electron chi connectivity index (χ1n) is 7.51. The van der Waals surface area contributed by atoms with Gasteiger partial charge < -0.3 is 14.1 Å². The van der Waals surface area contributed by atoms with Crippen LogP contribution in [0.5, 0.6) is 6.08 Å². The van der Waals surface area contributed by atoms with E-state index in [0.29, 0.717) is 26.1 Å². The fraction of sp³-hybridized carbons (Fsp3) is 0.714. The Labute approximate surface area is 129 Å². The summed E-state index contributed by atoms with van der Waals surface area (Å²) in [5.41, 5.74) is -0.0690. The van der Waals surface area contributed by atoms with Crippen LogP contribution in [0.3, 0.4) is 0 Å². The van der Waals surface area contributed by atoms with Gasteiger partial charge in [0, 0.05) is 18.5 Å². The molecule has 2 fully saturated rings. The quantitative estimate of drug-likeness (QED) is 0.826. The lowest BCUT2D eigenvalue weighted by Gasteiger charge is -2.39. The standard InChI is InChI=1S/C14H20N2O5S/c1-2-20-13-15-11(8-21-13)12(17)16-6-3-4-14(9-16)5-7-22(18,19)10-14/h8H,2-7,9-10H2,1H3. The third-order valence-electron chi connectivity index (χ3n) is 4.39. The van der Waals surface area contributed by atoms with Gasteiger partial charge in [-0.25, -0.2) is 8.42 Å². The molecule has 0 aliphatic carbocycles. The van der Waals surface area contributed by atoms with Crippen molar-refractivity contribution in [2.75, 3.05) is 31.2 Å². The number of ether oxygens (including phenoxy) is 1. The number of hydrogen-bond acceptors (Lipinski definition) is 6. The minimum Gasteiger partial charge on any atom is -0.450 e. The molecule has 3 heterocycles. The van der Waals surface area contributed by atoms with Crippen LogP contribution in [0.1, 0.15) is 36.7 Å². The van der Waals surface area contributed by atoms with Crippen molar-refractivity contribution in [1.82, 2.24) is 9.88 Å². The summed E-state index contributed by atoms with van der Waals surface area (Å²) in [5, 5.41) is 0. The molecule has 1 atom stereocenters. The monoisotopic (exact) mass is 328 g/mol. The van der Waals surface area contributed by atoms with E-state index in [4.69, 9.17) is 9.15 Å². The zero-order valence-corrected chi connectivity index (χ0v) is 13.4. The molecule has 1 aromatic heterocycles. The van der Waals surface area contributed by atoms with Crippen molar-refractivity contribution >= 4 is 15.7 Å². The van der Waals surface area contributed by atoms with E-state index in [9.17, 15) is 13.2 Å². The summed E-state index contributed by atoms with van der Waals surface area (Å²) in [6, 6.07) is 0. The summed E-state index contributed by atoms with van der Waals surface area (Å²) < 4.78 is 33.8. The minimum atomic E-state index is -2.96. The lowest BCUT2D eigenvalue weighted by molar-refractivity contribution is 0.0558. The zero-order chi connectivity index (χ0) is 15.8. The highest BCUT2D eigenvalue weighted by molar-refractivity contribution is 7.91. The van der Waals surface area contributed by atoms with Gasteiger partial charge in [0.2, 0.25) is 0 Å². The van der Waals surface area contributed by atoms with E-state index in [2.05, 4.69) is 4.98 Å². The van der Waals surface area contributed by atoms with Gasteiger partial charge in [0.05, 0.1) is 18.1 Å². The van der Waals surface area contributed by atoms with Crippen LogP contribution in [-0.2, 0) is 9.84 Å². The summed E-state index contributed by atoms with van der Waals surface area (Å²) in [4.78, 5) is 18.2. The normalized spacial score (nSPS) is 27.2. The first-order chi connectivity index (χ1) is 10.4. The van der Waals surface area contributed by atoms with Crippen LogP contribution in [-0.4, -0.2) is 55.4 Å². The Bertz CT molecular complexity index is 669. The smallest absolute Gasteiger partial charge is 0.394 e. The lowest BCUT2D eigenvalue weighted by atomic mass is 9.79. The van der Waals surface area contributed by atoms with Crippen LogP contribution in [0.4, 0.5) is 0 Å². The highest BCUT2D eigenvalue weighted by Gasteiger charge is 2.45. The fourth-order valence-corrected chi connectivity index (χ4v) is 5.59. The molecule has 2 saturated heterocycles. The Morgan fingerprint density at radius 1 is 1.50 bits per heavy atom. The van der Waals surface area contributed by atoms with Crippen molar-refractivity contribution in [3.63, 3.8) is 0 Å². The maximum Gasteiger partial charge on any atom is 0.394 e. The third-order valence-corrected chi connectivity index (χ3v) is 6.27. The number of carbonyl (C=O) groups is 1. The molecule has 2 aliphatic heterocycles. The zero-order valence-electron chi connectivity index (χ0n) is 12.6. The maximum absolute atomic E-state index is 12.5. The topological polar surface area (TPSA) is 89.7 Å². The fourth-order valence-electron chi connectivity index (χ4n) is 3.39. The average molecular weight is 328 g/mol. The number of nitrogens with zero attached hydrogens (tertiary/aromatic N) is 2. The molecule has 1 unspecified atom stereocenters. The largest absolute Gasteiger partial charge is 0.450 e.